The summed E-state index contributed by atoms with van der Waals surface area (Å²) in [5.74, 6) is -0.348. The molecule has 196 valence electrons. The van der Waals surface area contributed by atoms with Crippen LogP contribution in [0, 0.1) is 12.3 Å². The van der Waals surface area contributed by atoms with E-state index in [-0.39, 0.29) is 5.41 Å². The molecule has 0 aromatic carbocycles. The number of ether oxygens (including phenoxy) is 2. The van der Waals surface area contributed by atoms with Gasteiger partial charge in [-0.2, -0.15) is 0 Å². The molecule has 3 heterocycles. The minimum atomic E-state index is -1.14. The number of aromatic nitrogens is 2. The number of carboxylic acids is 1. The number of aliphatic carboxylic acids is 1. The molecule has 0 saturated carbocycles. The minimum absolute atomic E-state index is 0.246. The largest absolute Gasteiger partial charge is 0.488 e. The second-order valence-corrected chi connectivity index (χ2v) is 11.6. The first kappa shape index (κ1) is 27.7. The van der Waals surface area contributed by atoms with Gasteiger partial charge < -0.3 is 19.5 Å². The quantitative estimate of drug-likeness (QED) is 0.426. The van der Waals surface area contributed by atoms with E-state index in [4.69, 9.17) is 9.47 Å². The highest BCUT2D eigenvalue weighted by Crippen LogP contribution is 2.43. The highest BCUT2D eigenvalue weighted by atomic mass is 16.5. The molecule has 7 heteroatoms. The van der Waals surface area contributed by atoms with Crippen LogP contribution in [0.5, 0.6) is 5.75 Å². The number of pyridine rings is 2. The maximum absolute atomic E-state index is 12.5. The van der Waals surface area contributed by atoms with E-state index < -0.39 is 17.7 Å². The van der Waals surface area contributed by atoms with Gasteiger partial charge in [0, 0.05) is 36.1 Å². The van der Waals surface area contributed by atoms with Gasteiger partial charge >= 0.3 is 5.97 Å². The van der Waals surface area contributed by atoms with Crippen molar-refractivity contribution in [3.05, 3.63) is 47.4 Å². The number of nitrogens with zero attached hydrogens (tertiary/aromatic N) is 3. The average molecular weight is 496 g/mol. The Bertz CT molecular complexity index is 1090. The summed E-state index contributed by atoms with van der Waals surface area (Å²) in [7, 11) is 0. The molecule has 3 rings (SSSR count). The van der Waals surface area contributed by atoms with Gasteiger partial charge in [-0.05, 0) is 78.0 Å². The zero-order chi connectivity index (χ0) is 26.7. The summed E-state index contributed by atoms with van der Waals surface area (Å²) in [6, 6.07) is 3.80. The summed E-state index contributed by atoms with van der Waals surface area (Å²) < 4.78 is 11.9. The van der Waals surface area contributed by atoms with Gasteiger partial charge in [-0.3, -0.25) is 9.97 Å². The standard InChI is InChI=1S/C29H41N3O4/c1-19(2)11-16-35-21-9-10-23(31-17-21)22-18-30-20(3)24(26(27(33)34)36-28(4,5)6)25(22)32-14-12-29(7,8)13-15-32/h9-11,17-18,26H,12-16H2,1-8H3,(H,33,34)/t26-/m0/s1. The van der Waals surface area contributed by atoms with Crippen molar-refractivity contribution in [2.75, 3.05) is 24.6 Å². The molecule has 1 saturated heterocycles. The van der Waals surface area contributed by atoms with Gasteiger partial charge in [-0.15, -0.1) is 0 Å². The van der Waals surface area contributed by atoms with Gasteiger partial charge in [0.2, 0.25) is 0 Å². The Labute approximate surface area is 215 Å². The first-order chi connectivity index (χ1) is 16.8. The fourth-order valence-corrected chi connectivity index (χ4v) is 4.30. The number of hydrogen-bond acceptors (Lipinski definition) is 6. The molecule has 0 spiro atoms. The van der Waals surface area contributed by atoms with Gasteiger partial charge in [0.05, 0.1) is 23.2 Å². The van der Waals surface area contributed by atoms with Crippen LogP contribution in [-0.2, 0) is 9.53 Å². The van der Waals surface area contributed by atoms with Crippen molar-refractivity contribution in [3.63, 3.8) is 0 Å². The number of rotatable bonds is 8. The molecule has 0 unspecified atom stereocenters. The first-order valence-corrected chi connectivity index (χ1v) is 12.6. The highest BCUT2D eigenvalue weighted by molar-refractivity contribution is 5.85. The van der Waals surface area contributed by atoms with Crippen molar-refractivity contribution < 1.29 is 19.4 Å². The topological polar surface area (TPSA) is 84.8 Å². The number of carbonyl (C=O) groups is 1. The monoisotopic (exact) mass is 495 g/mol. The van der Waals surface area contributed by atoms with Crippen molar-refractivity contribution in [1.82, 2.24) is 9.97 Å². The smallest absolute Gasteiger partial charge is 0.337 e. The molecule has 2 aromatic heterocycles. The van der Waals surface area contributed by atoms with E-state index in [1.54, 1.807) is 12.4 Å². The third kappa shape index (κ3) is 7.06. The lowest BCUT2D eigenvalue weighted by Gasteiger charge is -2.40. The molecule has 0 amide bonds. The van der Waals surface area contributed by atoms with E-state index in [1.165, 1.54) is 5.57 Å². The molecule has 1 fully saturated rings. The third-order valence-electron chi connectivity index (χ3n) is 6.43. The predicted octanol–water partition coefficient (Wildman–Crippen LogP) is 6.36. The van der Waals surface area contributed by atoms with Crippen molar-refractivity contribution in [3.8, 4) is 17.0 Å². The van der Waals surface area contributed by atoms with Crippen molar-refractivity contribution in [1.29, 1.82) is 0 Å². The van der Waals surface area contributed by atoms with E-state index in [9.17, 15) is 9.90 Å². The van der Waals surface area contributed by atoms with E-state index in [0.29, 0.717) is 23.6 Å². The molecular weight excluding hydrogens is 454 g/mol. The van der Waals surface area contributed by atoms with Crippen LogP contribution in [0.3, 0.4) is 0 Å². The molecule has 0 aliphatic carbocycles. The first-order valence-electron chi connectivity index (χ1n) is 12.6. The fourth-order valence-electron chi connectivity index (χ4n) is 4.30. The summed E-state index contributed by atoms with van der Waals surface area (Å²) in [6.07, 6.45) is 6.40. The third-order valence-corrected chi connectivity index (χ3v) is 6.43. The van der Waals surface area contributed by atoms with Gasteiger partial charge in [0.15, 0.2) is 6.10 Å². The second kappa shape index (κ2) is 11.0. The summed E-state index contributed by atoms with van der Waals surface area (Å²) in [6.45, 7) is 18.2. The van der Waals surface area contributed by atoms with Gasteiger partial charge in [0.25, 0.3) is 0 Å². The molecule has 1 atom stereocenters. The van der Waals surface area contributed by atoms with Gasteiger partial charge in [0.1, 0.15) is 12.4 Å². The number of aryl methyl sites for hydroxylation is 1. The Morgan fingerprint density at radius 1 is 1.17 bits per heavy atom. The summed E-state index contributed by atoms with van der Waals surface area (Å²) >= 11 is 0. The molecule has 1 aliphatic rings. The normalized spacial score (nSPS) is 16.4. The van der Waals surface area contributed by atoms with Crippen molar-refractivity contribution in [2.45, 2.75) is 79.9 Å². The number of piperidine rings is 1. The van der Waals surface area contributed by atoms with Gasteiger partial charge in [-0.25, -0.2) is 4.79 Å². The molecule has 1 aliphatic heterocycles. The second-order valence-electron chi connectivity index (χ2n) is 11.6. The lowest BCUT2D eigenvalue weighted by molar-refractivity contribution is -0.160. The zero-order valence-corrected chi connectivity index (χ0v) is 23.0. The molecule has 0 radical (unpaired) electrons. The maximum Gasteiger partial charge on any atom is 0.337 e. The number of allylic oxidation sites excluding steroid dienone is 1. The van der Waals surface area contributed by atoms with Crippen LogP contribution in [0.4, 0.5) is 5.69 Å². The summed E-state index contributed by atoms with van der Waals surface area (Å²) in [5, 5.41) is 10.2. The van der Waals surface area contributed by atoms with E-state index >= 15 is 0 Å². The molecule has 0 bridgehead atoms. The summed E-state index contributed by atoms with van der Waals surface area (Å²) in [4.78, 5) is 24.1. The average Bonchev–Trinajstić information content (AvgIpc) is 2.77. The maximum atomic E-state index is 12.5. The summed E-state index contributed by atoms with van der Waals surface area (Å²) in [5.41, 5.74) is 4.41. The number of anilines is 1. The minimum Gasteiger partial charge on any atom is -0.488 e. The van der Waals surface area contributed by atoms with Crippen LogP contribution in [0.15, 0.2) is 36.2 Å². The predicted molar refractivity (Wildman–Crippen MR) is 144 cm³/mol. The number of hydrogen-bond donors (Lipinski definition) is 1. The molecule has 2 aromatic rings. The van der Waals surface area contributed by atoms with Crippen LogP contribution >= 0.6 is 0 Å². The van der Waals surface area contributed by atoms with Crippen LogP contribution in [-0.4, -0.2) is 46.3 Å². The zero-order valence-electron chi connectivity index (χ0n) is 23.0. The lowest BCUT2D eigenvalue weighted by atomic mass is 9.82. The Hall–Kier alpha value is -2.93. The number of carboxylic acid groups (broad SMARTS) is 1. The SMILES string of the molecule is CC(C)=CCOc1ccc(-c2cnc(C)c([C@H](OC(C)(C)C)C(=O)O)c2N2CCC(C)(C)CC2)nc1. The van der Waals surface area contributed by atoms with E-state index in [2.05, 4.69) is 28.7 Å². The van der Waals surface area contributed by atoms with Crippen LogP contribution in [0.25, 0.3) is 11.3 Å². The Morgan fingerprint density at radius 3 is 2.36 bits per heavy atom. The molecular formula is C29H41N3O4. The van der Waals surface area contributed by atoms with Crippen molar-refractivity contribution >= 4 is 11.7 Å². The van der Waals surface area contributed by atoms with Gasteiger partial charge in [-0.1, -0.05) is 19.4 Å². The Balaban J connectivity index is 2.11. The van der Waals surface area contributed by atoms with Crippen LogP contribution < -0.4 is 9.64 Å². The lowest BCUT2D eigenvalue weighted by Crippen LogP contribution is -2.39. The van der Waals surface area contributed by atoms with E-state index in [1.807, 2.05) is 59.8 Å². The van der Waals surface area contributed by atoms with Crippen molar-refractivity contribution in [2.24, 2.45) is 5.41 Å². The Morgan fingerprint density at radius 2 is 1.83 bits per heavy atom. The molecule has 7 nitrogen and oxygen atoms in total. The highest BCUT2D eigenvalue weighted by Gasteiger charge is 2.35. The molecule has 1 N–H and O–H groups in total. The van der Waals surface area contributed by atoms with E-state index in [0.717, 1.165) is 42.9 Å². The van der Waals surface area contributed by atoms with Crippen LogP contribution in [0.2, 0.25) is 0 Å². The molecule has 36 heavy (non-hydrogen) atoms. The van der Waals surface area contributed by atoms with Crippen LogP contribution in [0.1, 0.15) is 78.7 Å². The Kier molecular flexibility index (Phi) is 8.44. The fraction of sp³-hybridized carbons (Fsp3) is 0.552.